The summed E-state index contributed by atoms with van der Waals surface area (Å²) in [6.45, 7) is 9.45. The van der Waals surface area contributed by atoms with E-state index in [4.69, 9.17) is 9.47 Å². The van der Waals surface area contributed by atoms with Crippen LogP contribution in [0.2, 0.25) is 0 Å². The van der Waals surface area contributed by atoms with E-state index in [0.29, 0.717) is 13.2 Å². The first-order valence-electron chi connectivity index (χ1n) is 6.70. The van der Waals surface area contributed by atoms with Crippen molar-refractivity contribution < 1.29 is 9.47 Å². The summed E-state index contributed by atoms with van der Waals surface area (Å²) >= 11 is 0. The lowest BCUT2D eigenvalue weighted by Crippen LogP contribution is -2.43. The van der Waals surface area contributed by atoms with Gasteiger partial charge in [0.1, 0.15) is 11.5 Å². The number of hydrogen-bond acceptors (Lipinski definition) is 4. The minimum absolute atomic E-state index is 0.688. The Bertz CT molecular complexity index is 376. The summed E-state index contributed by atoms with van der Waals surface area (Å²) in [5.41, 5.74) is 1.14. The fraction of sp³-hybridized carbons (Fsp3) is 0.571. The average Bonchev–Trinajstić information content (AvgIpc) is 2.42. The molecule has 0 saturated carbocycles. The van der Waals surface area contributed by atoms with Crippen LogP contribution in [-0.2, 0) is 0 Å². The molecule has 0 unspecified atom stereocenters. The minimum Gasteiger partial charge on any atom is -0.494 e. The molecule has 0 radical (unpaired) electrons. The maximum absolute atomic E-state index is 5.71. The second-order valence-corrected chi connectivity index (χ2v) is 4.23. The zero-order chi connectivity index (χ0) is 12.8. The minimum atomic E-state index is 0.688. The summed E-state index contributed by atoms with van der Waals surface area (Å²) < 4.78 is 11.3. The fourth-order valence-corrected chi connectivity index (χ4v) is 2.18. The zero-order valence-corrected chi connectivity index (χ0v) is 11.2. The van der Waals surface area contributed by atoms with Crippen molar-refractivity contribution in [1.29, 1.82) is 0 Å². The molecule has 4 heteroatoms. The van der Waals surface area contributed by atoms with Crippen molar-refractivity contribution >= 4 is 5.69 Å². The van der Waals surface area contributed by atoms with E-state index >= 15 is 0 Å². The summed E-state index contributed by atoms with van der Waals surface area (Å²) in [7, 11) is 0. The maximum atomic E-state index is 5.71. The summed E-state index contributed by atoms with van der Waals surface area (Å²) in [5, 5.41) is 3.36. The van der Waals surface area contributed by atoms with Gasteiger partial charge in [0.15, 0.2) is 0 Å². The van der Waals surface area contributed by atoms with Crippen molar-refractivity contribution in [2.45, 2.75) is 13.8 Å². The van der Waals surface area contributed by atoms with Gasteiger partial charge in [-0.1, -0.05) is 0 Å². The molecule has 1 aliphatic rings. The highest BCUT2D eigenvalue weighted by atomic mass is 16.5. The molecule has 1 saturated heterocycles. The number of ether oxygens (including phenoxy) is 2. The lowest BCUT2D eigenvalue weighted by Gasteiger charge is -2.31. The molecule has 0 spiro atoms. The highest BCUT2D eigenvalue weighted by molar-refractivity contribution is 5.62. The third-order valence-corrected chi connectivity index (χ3v) is 3.00. The number of nitrogens with zero attached hydrogens (tertiary/aromatic N) is 1. The van der Waals surface area contributed by atoms with Gasteiger partial charge in [-0.15, -0.1) is 0 Å². The number of anilines is 1. The largest absolute Gasteiger partial charge is 0.494 e. The predicted octanol–water partition coefficient (Wildman–Crippen LogP) is 1.89. The Balaban J connectivity index is 2.23. The first-order valence-corrected chi connectivity index (χ1v) is 6.70. The van der Waals surface area contributed by atoms with E-state index in [2.05, 4.69) is 16.3 Å². The highest BCUT2D eigenvalue weighted by Gasteiger charge is 2.15. The molecule has 1 heterocycles. The molecule has 2 rings (SSSR count). The molecule has 0 aliphatic carbocycles. The van der Waals surface area contributed by atoms with Gasteiger partial charge in [0.2, 0.25) is 0 Å². The van der Waals surface area contributed by atoms with E-state index in [1.54, 1.807) is 0 Å². The van der Waals surface area contributed by atoms with E-state index < -0.39 is 0 Å². The first-order chi connectivity index (χ1) is 8.85. The molecule has 0 bridgehead atoms. The number of benzene rings is 1. The summed E-state index contributed by atoms with van der Waals surface area (Å²) in [6.07, 6.45) is 0. The molecule has 100 valence electrons. The second-order valence-electron chi connectivity index (χ2n) is 4.23. The molecule has 0 amide bonds. The van der Waals surface area contributed by atoms with E-state index in [1.807, 2.05) is 26.0 Å². The quantitative estimate of drug-likeness (QED) is 0.865. The molecule has 1 aromatic carbocycles. The standard InChI is InChI=1S/C14H22N2O2/c1-3-17-12-5-6-14(18-4-2)13(11-12)16-9-7-15-8-10-16/h5-6,11,15H,3-4,7-10H2,1-2H3. The number of rotatable bonds is 5. The van der Waals surface area contributed by atoms with Crippen molar-refractivity contribution in [3.63, 3.8) is 0 Å². The monoisotopic (exact) mass is 250 g/mol. The molecule has 18 heavy (non-hydrogen) atoms. The number of nitrogens with one attached hydrogen (secondary N) is 1. The second kappa shape index (κ2) is 6.50. The van der Waals surface area contributed by atoms with Crippen LogP contribution in [0.5, 0.6) is 11.5 Å². The van der Waals surface area contributed by atoms with Gasteiger partial charge < -0.3 is 19.7 Å². The van der Waals surface area contributed by atoms with Gasteiger partial charge in [-0.05, 0) is 26.0 Å². The van der Waals surface area contributed by atoms with Crippen molar-refractivity contribution in [2.75, 3.05) is 44.3 Å². The lowest BCUT2D eigenvalue weighted by atomic mass is 10.2. The molecule has 1 aliphatic heterocycles. The molecule has 0 aromatic heterocycles. The molecule has 0 atom stereocenters. The molecule has 1 fully saturated rings. The van der Waals surface area contributed by atoms with E-state index in [9.17, 15) is 0 Å². The summed E-state index contributed by atoms with van der Waals surface area (Å²) in [6, 6.07) is 6.06. The SMILES string of the molecule is CCOc1ccc(OCC)c(N2CCNCC2)c1. The summed E-state index contributed by atoms with van der Waals surface area (Å²) in [5.74, 6) is 1.86. The van der Waals surface area contributed by atoms with Crippen molar-refractivity contribution in [3.05, 3.63) is 18.2 Å². The molecular formula is C14H22N2O2. The van der Waals surface area contributed by atoms with E-state index in [-0.39, 0.29) is 0 Å². The van der Waals surface area contributed by atoms with Crippen LogP contribution in [0.1, 0.15) is 13.8 Å². The predicted molar refractivity (Wildman–Crippen MR) is 73.9 cm³/mol. The molecular weight excluding hydrogens is 228 g/mol. The highest BCUT2D eigenvalue weighted by Crippen LogP contribution is 2.32. The molecule has 4 nitrogen and oxygen atoms in total. The van der Waals surface area contributed by atoms with E-state index in [0.717, 1.165) is 43.4 Å². The van der Waals surface area contributed by atoms with Crippen LogP contribution in [0.3, 0.4) is 0 Å². The molecule has 1 aromatic rings. The van der Waals surface area contributed by atoms with Crippen molar-refractivity contribution in [1.82, 2.24) is 5.32 Å². The Morgan fingerprint density at radius 3 is 2.50 bits per heavy atom. The van der Waals surface area contributed by atoms with Crippen LogP contribution in [0.15, 0.2) is 18.2 Å². The third-order valence-electron chi connectivity index (χ3n) is 3.00. The fourth-order valence-electron chi connectivity index (χ4n) is 2.18. The Kier molecular flexibility index (Phi) is 4.70. The van der Waals surface area contributed by atoms with Crippen LogP contribution >= 0.6 is 0 Å². The lowest BCUT2D eigenvalue weighted by molar-refractivity contribution is 0.330. The maximum Gasteiger partial charge on any atom is 0.142 e. The zero-order valence-electron chi connectivity index (χ0n) is 11.2. The average molecular weight is 250 g/mol. The Hall–Kier alpha value is -1.42. The van der Waals surface area contributed by atoms with Crippen molar-refractivity contribution in [2.24, 2.45) is 0 Å². The summed E-state index contributed by atoms with van der Waals surface area (Å²) in [4.78, 5) is 2.35. The topological polar surface area (TPSA) is 33.7 Å². The van der Waals surface area contributed by atoms with Crippen LogP contribution in [0, 0.1) is 0 Å². The normalized spacial score (nSPS) is 15.6. The van der Waals surface area contributed by atoms with Crippen LogP contribution in [-0.4, -0.2) is 39.4 Å². The van der Waals surface area contributed by atoms with Gasteiger partial charge in [0, 0.05) is 32.2 Å². The van der Waals surface area contributed by atoms with Gasteiger partial charge in [0.25, 0.3) is 0 Å². The number of hydrogen-bond donors (Lipinski definition) is 1. The van der Waals surface area contributed by atoms with Gasteiger partial charge in [-0.25, -0.2) is 0 Å². The Labute approximate surface area is 109 Å². The van der Waals surface area contributed by atoms with Gasteiger partial charge in [-0.3, -0.25) is 0 Å². The third kappa shape index (κ3) is 3.07. The molecule has 1 N–H and O–H groups in total. The Morgan fingerprint density at radius 1 is 1.11 bits per heavy atom. The van der Waals surface area contributed by atoms with Crippen molar-refractivity contribution in [3.8, 4) is 11.5 Å². The van der Waals surface area contributed by atoms with E-state index in [1.165, 1.54) is 0 Å². The first kappa shape index (κ1) is 13.0. The van der Waals surface area contributed by atoms with Crippen LogP contribution in [0.25, 0.3) is 0 Å². The van der Waals surface area contributed by atoms with Gasteiger partial charge in [-0.2, -0.15) is 0 Å². The van der Waals surface area contributed by atoms with Crippen LogP contribution < -0.4 is 19.7 Å². The smallest absolute Gasteiger partial charge is 0.142 e. The van der Waals surface area contributed by atoms with Gasteiger partial charge in [0.05, 0.1) is 18.9 Å². The Morgan fingerprint density at radius 2 is 1.83 bits per heavy atom. The number of piperazine rings is 1. The van der Waals surface area contributed by atoms with Crippen LogP contribution in [0.4, 0.5) is 5.69 Å². The van der Waals surface area contributed by atoms with Gasteiger partial charge >= 0.3 is 0 Å².